The molecule has 0 aliphatic carbocycles. The first-order chi connectivity index (χ1) is 10.8. The molecular formula is C16H28N2O6. The molecule has 8 heteroatoms. The number of ether oxygens (including phenoxy) is 2. The number of alkyl carbamates (subject to hydrolysis) is 1. The molecule has 24 heavy (non-hydrogen) atoms. The molecule has 2 N–H and O–H groups in total. The van der Waals surface area contributed by atoms with Crippen molar-refractivity contribution < 1.29 is 29.0 Å². The molecule has 0 unspecified atom stereocenters. The highest BCUT2D eigenvalue weighted by Gasteiger charge is 2.41. The lowest BCUT2D eigenvalue weighted by Gasteiger charge is -2.26. The highest BCUT2D eigenvalue weighted by molar-refractivity contribution is 5.81. The van der Waals surface area contributed by atoms with Gasteiger partial charge in [-0.2, -0.15) is 0 Å². The Morgan fingerprint density at radius 1 is 1.08 bits per heavy atom. The van der Waals surface area contributed by atoms with Crippen molar-refractivity contribution in [2.75, 3.05) is 13.1 Å². The van der Waals surface area contributed by atoms with Gasteiger partial charge >= 0.3 is 18.2 Å². The molecule has 8 nitrogen and oxygen atoms in total. The summed E-state index contributed by atoms with van der Waals surface area (Å²) < 4.78 is 10.4. The molecule has 1 aliphatic heterocycles. The molecule has 0 aromatic rings. The summed E-state index contributed by atoms with van der Waals surface area (Å²) in [6, 6.07) is -0.953. The number of rotatable bonds is 3. The number of carboxylic acid groups (broad SMARTS) is 1. The minimum absolute atomic E-state index is 0.175. The predicted molar refractivity (Wildman–Crippen MR) is 86.7 cm³/mol. The third kappa shape index (κ3) is 6.64. The van der Waals surface area contributed by atoms with Gasteiger partial charge in [0, 0.05) is 13.1 Å². The number of likely N-dealkylation sites (tertiary alicyclic amines) is 1. The van der Waals surface area contributed by atoms with Gasteiger partial charge in [0.1, 0.15) is 17.2 Å². The Labute approximate surface area is 142 Å². The number of carboxylic acids is 1. The normalized spacial score (nSPS) is 21.3. The molecule has 1 aliphatic rings. The topological polar surface area (TPSA) is 105 Å². The first kappa shape index (κ1) is 20.1. The van der Waals surface area contributed by atoms with Gasteiger partial charge in [-0.1, -0.05) is 0 Å². The quantitative estimate of drug-likeness (QED) is 0.813. The number of carbonyl (C=O) groups is 3. The van der Waals surface area contributed by atoms with Gasteiger partial charge in [0.05, 0.1) is 0 Å². The lowest BCUT2D eigenvalue weighted by molar-refractivity contribution is -0.142. The van der Waals surface area contributed by atoms with Crippen molar-refractivity contribution in [1.82, 2.24) is 10.2 Å². The number of aliphatic carboxylic acids is 1. The Balaban J connectivity index is 2.63. The standard InChI is InChI=1S/C16H28N2O6/c1-15(2,3)23-13(21)17-8-10-7-11(12(19)20)18(9-10)14(22)24-16(4,5)6/h10-11H,7-9H2,1-6H3,(H,17,21)(H,19,20)/t10-,11-/m0/s1. The fraction of sp³-hybridized carbons (Fsp3) is 0.812. The molecule has 1 heterocycles. The van der Waals surface area contributed by atoms with Crippen molar-refractivity contribution in [1.29, 1.82) is 0 Å². The van der Waals surface area contributed by atoms with Crippen molar-refractivity contribution in [3.63, 3.8) is 0 Å². The highest BCUT2D eigenvalue weighted by atomic mass is 16.6. The van der Waals surface area contributed by atoms with Gasteiger partial charge < -0.3 is 19.9 Å². The fourth-order valence-corrected chi connectivity index (χ4v) is 2.37. The van der Waals surface area contributed by atoms with E-state index in [9.17, 15) is 19.5 Å². The minimum atomic E-state index is -1.08. The highest BCUT2D eigenvalue weighted by Crippen LogP contribution is 2.25. The summed E-state index contributed by atoms with van der Waals surface area (Å²) in [5.74, 6) is -1.26. The van der Waals surface area contributed by atoms with Crippen LogP contribution in [-0.4, -0.2) is 58.5 Å². The Kier molecular flexibility index (Phi) is 6.08. The Morgan fingerprint density at radius 2 is 1.62 bits per heavy atom. The van der Waals surface area contributed by atoms with Crippen LogP contribution >= 0.6 is 0 Å². The van der Waals surface area contributed by atoms with E-state index in [1.54, 1.807) is 41.5 Å². The number of carbonyl (C=O) groups excluding carboxylic acids is 2. The van der Waals surface area contributed by atoms with Gasteiger partial charge in [0.2, 0.25) is 0 Å². The maximum atomic E-state index is 12.2. The molecule has 1 rings (SSSR count). The summed E-state index contributed by atoms with van der Waals surface area (Å²) in [7, 11) is 0. The number of nitrogens with one attached hydrogen (secondary N) is 1. The third-order valence-corrected chi connectivity index (χ3v) is 3.23. The summed E-state index contributed by atoms with van der Waals surface area (Å²) in [5.41, 5.74) is -1.31. The Morgan fingerprint density at radius 3 is 2.08 bits per heavy atom. The molecule has 2 amide bonds. The van der Waals surface area contributed by atoms with Gasteiger partial charge in [-0.05, 0) is 53.9 Å². The zero-order chi connectivity index (χ0) is 18.7. The maximum absolute atomic E-state index is 12.2. The summed E-state index contributed by atoms with van der Waals surface area (Å²) in [4.78, 5) is 36.4. The second kappa shape index (κ2) is 7.27. The van der Waals surface area contributed by atoms with Crippen LogP contribution < -0.4 is 5.32 Å². The van der Waals surface area contributed by atoms with Crippen LogP contribution in [0.2, 0.25) is 0 Å². The molecule has 0 aromatic heterocycles. The zero-order valence-electron chi connectivity index (χ0n) is 15.2. The van der Waals surface area contributed by atoms with Gasteiger partial charge in [0.25, 0.3) is 0 Å². The summed E-state index contributed by atoms with van der Waals surface area (Å²) in [6.07, 6.45) is -0.968. The van der Waals surface area contributed by atoms with Crippen LogP contribution in [0.1, 0.15) is 48.0 Å². The largest absolute Gasteiger partial charge is 0.480 e. The number of hydrogen-bond acceptors (Lipinski definition) is 5. The summed E-state index contributed by atoms with van der Waals surface area (Å²) in [6.45, 7) is 10.9. The van der Waals surface area contributed by atoms with E-state index in [2.05, 4.69) is 5.32 Å². The first-order valence-electron chi connectivity index (χ1n) is 7.98. The summed E-state index contributed by atoms with van der Waals surface area (Å²) in [5, 5.41) is 11.9. The molecule has 0 saturated carbocycles. The second-order valence-electron chi connectivity index (χ2n) is 7.97. The number of amides is 2. The van der Waals surface area contributed by atoms with E-state index in [0.29, 0.717) is 0 Å². The van der Waals surface area contributed by atoms with Gasteiger partial charge in [-0.15, -0.1) is 0 Å². The molecular weight excluding hydrogens is 316 g/mol. The lowest BCUT2D eigenvalue weighted by Crippen LogP contribution is -2.43. The molecule has 1 saturated heterocycles. The zero-order valence-corrected chi connectivity index (χ0v) is 15.2. The Hall–Kier alpha value is -1.99. The van der Waals surface area contributed by atoms with Crippen molar-refractivity contribution in [3.8, 4) is 0 Å². The second-order valence-corrected chi connectivity index (χ2v) is 7.97. The van der Waals surface area contributed by atoms with Crippen LogP contribution in [0.4, 0.5) is 9.59 Å². The van der Waals surface area contributed by atoms with E-state index in [-0.39, 0.29) is 25.4 Å². The van der Waals surface area contributed by atoms with Gasteiger partial charge in [-0.25, -0.2) is 14.4 Å². The van der Waals surface area contributed by atoms with Crippen LogP contribution in [0.25, 0.3) is 0 Å². The fourth-order valence-electron chi connectivity index (χ4n) is 2.37. The van der Waals surface area contributed by atoms with Crippen LogP contribution in [-0.2, 0) is 14.3 Å². The van der Waals surface area contributed by atoms with E-state index in [1.165, 1.54) is 4.90 Å². The monoisotopic (exact) mass is 344 g/mol. The van der Waals surface area contributed by atoms with E-state index in [1.807, 2.05) is 0 Å². The third-order valence-electron chi connectivity index (χ3n) is 3.23. The van der Waals surface area contributed by atoms with E-state index in [0.717, 1.165) is 0 Å². The molecule has 138 valence electrons. The van der Waals surface area contributed by atoms with E-state index in [4.69, 9.17) is 9.47 Å². The van der Waals surface area contributed by atoms with Crippen molar-refractivity contribution in [2.24, 2.45) is 5.92 Å². The van der Waals surface area contributed by atoms with E-state index >= 15 is 0 Å². The maximum Gasteiger partial charge on any atom is 0.411 e. The average molecular weight is 344 g/mol. The van der Waals surface area contributed by atoms with Crippen LogP contribution in [0.5, 0.6) is 0 Å². The number of nitrogens with zero attached hydrogens (tertiary/aromatic N) is 1. The molecule has 1 fully saturated rings. The van der Waals surface area contributed by atoms with Crippen LogP contribution in [0.3, 0.4) is 0 Å². The molecule has 0 spiro atoms. The van der Waals surface area contributed by atoms with E-state index < -0.39 is 35.4 Å². The van der Waals surface area contributed by atoms with Gasteiger partial charge in [-0.3, -0.25) is 4.90 Å². The van der Waals surface area contributed by atoms with Crippen LogP contribution in [0.15, 0.2) is 0 Å². The summed E-state index contributed by atoms with van der Waals surface area (Å²) >= 11 is 0. The first-order valence-corrected chi connectivity index (χ1v) is 7.98. The van der Waals surface area contributed by atoms with Crippen molar-refractivity contribution in [2.45, 2.75) is 65.2 Å². The predicted octanol–water partition coefficient (Wildman–Crippen LogP) is 2.22. The molecule has 0 bridgehead atoms. The van der Waals surface area contributed by atoms with Crippen molar-refractivity contribution in [3.05, 3.63) is 0 Å². The van der Waals surface area contributed by atoms with Crippen molar-refractivity contribution >= 4 is 18.2 Å². The SMILES string of the molecule is CC(C)(C)OC(=O)NC[C@@H]1C[C@@H](C(=O)O)N(C(=O)OC(C)(C)C)C1. The molecule has 0 radical (unpaired) electrons. The van der Waals surface area contributed by atoms with Crippen LogP contribution in [0, 0.1) is 5.92 Å². The molecule has 2 atom stereocenters. The number of hydrogen-bond donors (Lipinski definition) is 2. The Bertz CT molecular complexity index is 492. The molecule has 0 aromatic carbocycles. The average Bonchev–Trinajstić information content (AvgIpc) is 2.76. The lowest BCUT2D eigenvalue weighted by atomic mass is 10.1. The smallest absolute Gasteiger partial charge is 0.411 e. The minimum Gasteiger partial charge on any atom is -0.480 e. The van der Waals surface area contributed by atoms with Gasteiger partial charge in [0.15, 0.2) is 0 Å².